The Morgan fingerprint density at radius 2 is 0.894 bits per heavy atom. The first kappa shape index (κ1) is 27.0. The molecule has 0 amide bonds. The Kier molecular flexibility index (Phi) is 6.43. The molecule has 220 valence electrons. The highest BCUT2D eigenvalue weighted by Gasteiger charge is 2.20. The van der Waals surface area contributed by atoms with Gasteiger partial charge in [-0.1, -0.05) is 146 Å². The summed E-state index contributed by atoms with van der Waals surface area (Å²) in [7, 11) is 0. The summed E-state index contributed by atoms with van der Waals surface area (Å²) in [6.45, 7) is 0. The molecule has 0 aliphatic rings. The maximum Gasteiger partial charge on any atom is 0.164 e. The monoisotopic (exact) mass is 601 g/mol. The second kappa shape index (κ2) is 11.2. The Balaban J connectivity index is 1.33. The lowest BCUT2D eigenvalue weighted by atomic mass is 9.96. The molecular formula is C43H27N3O. The van der Waals surface area contributed by atoms with Crippen molar-refractivity contribution in [1.29, 1.82) is 0 Å². The van der Waals surface area contributed by atoms with Crippen LogP contribution in [0.4, 0.5) is 0 Å². The van der Waals surface area contributed by atoms with Gasteiger partial charge in [0.25, 0.3) is 0 Å². The zero-order valence-electron chi connectivity index (χ0n) is 25.3. The summed E-state index contributed by atoms with van der Waals surface area (Å²) < 4.78 is 6.61. The average molecular weight is 602 g/mol. The van der Waals surface area contributed by atoms with Gasteiger partial charge in [-0.3, -0.25) is 0 Å². The third-order valence-corrected chi connectivity index (χ3v) is 8.72. The maximum absolute atomic E-state index is 6.61. The summed E-state index contributed by atoms with van der Waals surface area (Å²) >= 11 is 0. The molecule has 0 aliphatic carbocycles. The second-order valence-electron chi connectivity index (χ2n) is 11.6. The van der Waals surface area contributed by atoms with Gasteiger partial charge < -0.3 is 4.42 Å². The lowest BCUT2D eigenvalue weighted by Crippen LogP contribution is -2.00. The first-order valence-electron chi connectivity index (χ1n) is 15.7. The number of nitrogens with zero attached hydrogens (tertiary/aromatic N) is 3. The van der Waals surface area contributed by atoms with Crippen LogP contribution in [0.1, 0.15) is 0 Å². The highest BCUT2D eigenvalue weighted by molar-refractivity contribution is 6.21. The fourth-order valence-electron chi connectivity index (χ4n) is 6.50. The molecule has 0 bridgehead atoms. The summed E-state index contributed by atoms with van der Waals surface area (Å²) in [5, 5.41) is 4.15. The molecule has 0 atom stereocenters. The Bertz CT molecular complexity index is 2560. The van der Waals surface area contributed by atoms with Gasteiger partial charge >= 0.3 is 0 Å². The average Bonchev–Trinajstić information content (AvgIpc) is 3.55. The predicted octanol–water partition coefficient (Wildman–Crippen LogP) is 11.3. The lowest BCUT2D eigenvalue weighted by molar-refractivity contribution is 0.673. The van der Waals surface area contributed by atoms with Crippen molar-refractivity contribution < 1.29 is 4.42 Å². The summed E-state index contributed by atoms with van der Waals surface area (Å²) in [5.41, 5.74) is 9.02. The summed E-state index contributed by atoms with van der Waals surface area (Å²) in [4.78, 5) is 15.3. The van der Waals surface area contributed by atoms with E-state index in [1.54, 1.807) is 0 Å². The third-order valence-electron chi connectivity index (χ3n) is 8.72. The van der Waals surface area contributed by atoms with Crippen LogP contribution in [0.3, 0.4) is 0 Å². The largest absolute Gasteiger partial charge is 0.455 e. The zero-order chi connectivity index (χ0) is 31.2. The van der Waals surface area contributed by atoms with Crippen LogP contribution in [0.25, 0.3) is 89.1 Å². The number of rotatable bonds is 5. The van der Waals surface area contributed by atoms with Crippen LogP contribution in [-0.4, -0.2) is 15.0 Å². The van der Waals surface area contributed by atoms with Gasteiger partial charge in [0.15, 0.2) is 17.5 Å². The topological polar surface area (TPSA) is 51.8 Å². The molecule has 0 fully saturated rings. The minimum Gasteiger partial charge on any atom is -0.455 e. The molecule has 4 heteroatoms. The van der Waals surface area contributed by atoms with E-state index in [1.165, 1.54) is 0 Å². The van der Waals surface area contributed by atoms with E-state index in [1.807, 2.05) is 48.5 Å². The lowest BCUT2D eigenvalue weighted by Gasteiger charge is -2.12. The molecule has 0 spiro atoms. The second-order valence-corrected chi connectivity index (χ2v) is 11.6. The molecule has 7 aromatic carbocycles. The van der Waals surface area contributed by atoms with Crippen LogP contribution in [-0.2, 0) is 0 Å². The van der Waals surface area contributed by atoms with Crippen LogP contribution in [0.2, 0.25) is 0 Å². The van der Waals surface area contributed by atoms with Crippen LogP contribution >= 0.6 is 0 Å². The fourth-order valence-corrected chi connectivity index (χ4v) is 6.50. The van der Waals surface area contributed by atoms with E-state index in [2.05, 4.69) is 115 Å². The maximum atomic E-state index is 6.61. The van der Waals surface area contributed by atoms with Gasteiger partial charge in [-0.05, 0) is 45.8 Å². The van der Waals surface area contributed by atoms with Gasteiger partial charge in [0.2, 0.25) is 0 Å². The molecule has 9 aromatic rings. The van der Waals surface area contributed by atoms with E-state index in [9.17, 15) is 0 Å². The Hall–Kier alpha value is -6.39. The fraction of sp³-hybridized carbons (Fsp3) is 0. The summed E-state index contributed by atoms with van der Waals surface area (Å²) in [5.74, 6) is 1.86. The molecule has 0 radical (unpaired) electrons. The molecule has 4 nitrogen and oxygen atoms in total. The van der Waals surface area contributed by atoms with Crippen molar-refractivity contribution in [1.82, 2.24) is 15.0 Å². The quantitative estimate of drug-likeness (QED) is 0.197. The molecule has 9 rings (SSSR count). The van der Waals surface area contributed by atoms with Gasteiger partial charge in [-0.2, -0.15) is 0 Å². The van der Waals surface area contributed by atoms with E-state index in [-0.39, 0.29) is 0 Å². The summed E-state index contributed by atoms with van der Waals surface area (Å²) in [6.07, 6.45) is 0. The smallest absolute Gasteiger partial charge is 0.164 e. The van der Waals surface area contributed by atoms with Gasteiger partial charge in [0.05, 0.1) is 0 Å². The van der Waals surface area contributed by atoms with Crippen LogP contribution in [0.15, 0.2) is 168 Å². The molecular weight excluding hydrogens is 574 g/mol. The number of hydrogen-bond donors (Lipinski definition) is 0. The van der Waals surface area contributed by atoms with Gasteiger partial charge in [0, 0.05) is 32.8 Å². The van der Waals surface area contributed by atoms with Crippen LogP contribution < -0.4 is 0 Å². The van der Waals surface area contributed by atoms with Crippen molar-refractivity contribution >= 4 is 32.7 Å². The third kappa shape index (κ3) is 4.75. The first-order chi connectivity index (χ1) is 23.3. The Morgan fingerprint density at radius 3 is 1.64 bits per heavy atom. The molecule has 0 saturated heterocycles. The van der Waals surface area contributed by atoms with Gasteiger partial charge in [-0.15, -0.1) is 0 Å². The van der Waals surface area contributed by atoms with Crippen molar-refractivity contribution in [2.45, 2.75) is 0 Å². The highest BCUT2D eigenvalue weighted by atomic mass is 16.3. The summed E-state index contributed by atoms with van der Waals surface area (Å²) in [6, 6.07) is 56.2. The molecule has 0 saturated carbocycles. The minimum atomic E-state index is 0.614. The molecule has 2 heterocycles. The number of aromatic nitrogens is 3. The standard InChI is InChI=1S/C43H27N3O/c1-4-14-28(15-5-1)31-20-12-21-32(26-31)42-44-41(30-18-8-3-9-19-30)45-43(46-42)36-27-37-39-33(29-16-6-2-7-17-29)24-13-25-38(39)47-40(37)35-23-11-10-22-34(35)36/h1-27H. The molecule has 0 N–H and O–H groups in total. The molecule has 47 heavy (non-hydrogen) atoms. The number of hydrogen-bond acceptors (Lipinski definition) is 4. The zero-order valence-corrected chi connectivity index (χ0v) is 25.3. The SMILES string of the molecule is c1ccc(-c2cccc(-c3nc(-c4ccccc4)nc(-c4cc5c(oc6cccc(-c7ccccc7)c65)c5ccccc45)n3)c2)cc1. The molecule has 0 aliphatic heterocycles. The number of furan rings is 1. The first-order valence-corrected chi connectivity index (χ1v) is 15.7. The van der Waals surface area contributed by atoms with E-state index >= 15 is 0 Å². The number of fused-ring (bicyclic) bond motifs is 5. The molecule has 0 unspecified atom stereocenters. The Morgan fingerprint density at radius 1 is 0.340 bits per heavy atom. The van der Waals surface area contributed by atoms with Crippen molar-refractivity contribution in [3.63, 3.8) is 0 Å². The highest BCUT2D eigenvalue weighted by Crippen LogP contribution is 2.42. The van der Waals surface area contributed by atoms with Crippen molar-refractivity contribution in [3.05, 3.63) is 164 Å². The Labute approximate surface area is 271 Å². The van der Waals surface area contributed by atoms with Crippen LogP contribution in [0.5, 0.6) is 0 Å². The molecule has 2 aromatic heterocycles. The van der Waals surface area contributed by atoms with Crippen molar-refractivity contribution in [2.75, 3.05) is 0 Å². The normalized spacial score (nSPS) is 11.4. The minimum absolute atomic E-state index is 0.614. The van der Waals surface area contributed by atoms with Crippen molar-refractivity contribution in [3.8, 4) is 56.4 Å². The van der Waals surface area contributed by atoms with Crippen molar-refractivity contribution in [2.24, 2.45) is 0 Å². The van der Waals surface area contributed by atoms with E-state index < -0.39 is 0 Å². The number of benzene rings is 7. The van der Waals surface area contributed by atoms with E-state index in [0.29, 0.717) is 17.5 Å². The van der Waals surface area contributed by atoms with Gasteiger partial charge in [0.1, 0.15) is 11.2 Å². The van der Waals surface area contributed by atoms with Crippen LogP contribution in [0, 0.1) is 0 Å². The van der Waals surface area contributed by atoms with E-state index in [4.69, 9.17) is 19.4 Å². The van der Waals surface area contributed by atoms with E-state index in [0.717, 1.165) is 71.7 Å². The predicted molar refractivity (Wildman–Crippen MR) is 192 cm³/mol. The van der Waals surface area contributed by atoms with Gasteiger partial charge in [-0.25, -0.2) is 15.0 Å².